The number of aryl methyl sites for hydroxylation is 1. The molecule has 0 unspecified atom stereocenters. The fraction of sp³-hybridized carbons (Fsp3) is 0.250. The quantitative estimate of drug-likeness (QED) is 0.879. The van der Waals surface area contributed by atoms with E-state index in [4.69, 9.17) is 0 Å². The van der Waals surface area contributed by atoms with Gasteiger partial charge in [-0.2, -0.15) is 0 Å². The highest BCUT2D eigenvalue weighted by atomic mass is 16.2. The molecule has 0 bridgehead atoms. The maximum Gasteiger partial charge on any atom is 0.324 e. The Bertz CT molecular complexity index is 591. The van der Waals surface area contributed by atoms with Gasteiger partial charge in [0.05, 0.1) is 0 Å². The van der Waals surface area contributed by atoms with Crippen LogP contribution in [0.2, 0.25) is 0 Å². The first-order valence-electron chi connectivity index (χ1n) is 6.66. The molecule has 2 aromatic rings. The SMILES string of the molecule is Cc1ccc(NC(=O)Nc2ccccc2C(C)C)nc1. The third kappa shape index (κ3) is 3.57. The summed E-state index contributed by atoms with van der Waals surface area (Å²) in [4.78, 5) is 16.1. The molecule has 4 nitrogen and oxygen atoms in total. The average molecular weight is 269 g/mol. The third-order valence-corrected chi connectivity index (χ3v) is 2.98. The van der Waals surface area contributed by atoms with E-state index >= 15 is 0 Å². The molecule has 0 saturated carbocycles. The van der Waals surface area contributed by atoms with Crippen molar-refractivity contribution in [1.82, 2.24) is 4.98 Å². The Morgan fingerprint density at radius 3 is 2.50 bits per heavy atom. The number of urea groups is 1. The van der Waals surface area contributed by atoms with Crippen molar-refractivity contribution in [2.24, 2.45) is 0 Å². The Morgan fingerprint density at radius 2 is 1.85 bits per heavy atom. The van der Waals surface area contributed by atoms with Crippen molar-refractivity contribution in [3.05, 3.63) is 53.7 Å². The van der Waals surface area contributed by atoms with Crippen LogP contribution in [0.15, 0.2) is 42.6 Å². The molecule has 2 N–H and O–H groups in total. The van der Waals surface area contributed by atoms with E-state index in [1.165, 1.54) is 0 Å². The maximum atomic E-state index is 12.0. The van der Waals surface area contributed by atoms with Crippen molar-refractivity contribution in [2.75, 3.05) is 10.6 Å². The molecule has 0 aliphatic carbocycles. The first-order valence-corrected chi connectivity index (χ1v) is 6.66. The molecule has 20 heavy (non-hydrogen) atoms. The molecule has 4 heteroatoms. The van der Waals surface area contributed by atoms with Crippen LogP contribution in [-0.2, 0) is 0 Å². The van der Waals surface area contributed by atoms with Gasteiger partial charge in [-0.15, -0.1) is 0 Å². The normalized spacial score (nSPS) is 10.4. The van der Waals surface area contributed by atoms with Crippen molar-refractivity contribution < 1.29 is 4.79 Å². The summed E-state index contributed by atoms with van der Waals surface area (Å²) in [5, 5.41) is 5.59. The van der Waals surface area contributed by atoms with Crippen LogP contribution in [-0.4, -0.2) is 11.0 Å². The van der Waals surface area contributed by atoms with Gasteiger partial charge in [-0.25, -0.2) is 9.78 Å². The van der Waals surface area contributed by atoms with E-state index in [9.17, 15) is 4.79 Å². The number of hydrogen-bond donors (Lipinski definition) is 2. The minimum Gasteiger partial charge on any atom is -0.307 e. The van der Waals surface area contributed by atoms with Crippen LogP contribution in [0.25, 0.3) is 0 Å². The van der Waals surface area contributed by atoms with Gasteiger partial charge in [0.15, 0.2) is 0 Å². The standard InChI is InChI=1S/C16H19N3O/c1-11(2)13-6-4-5-7-14(13)18-16(20)19-15-9-8-12(3)10-17-15/h4-11H,1-3H3,(H2,17,18,19,20). The number of hydrogen-bond acceptors (Lipinski definition) is 2. The predicted molar refractivity (Wildman–Crippen MR) is 82.1 cm³/mol. The van der Waals surface area contributed by atoms with Crippen LogP contribution >= 0.6 is 0 Å². The Hall–Kier alpha value is -2.36. The molecule has 2 amide bonds. The summed E-state index contributed by atoms with van der Waals surface area (Å²) >= 11 is 0. The zero-order valence-electron chi connectivity index (χ0n) is 12.0. The van der Waals surface area contributed by atoms with Crippen LogP contribution in [0.5, 0.6) is 0 Å². The number of carbonyl (C=O) groups excluding carboxylic acids is 1. The zero-order valence-corrected chi connectivity index (χ0v) is 12.0. The molecule has 0 aliphatic rings. The fourth-order valence-corrected chi connectivity index (χ4v) is 1.93. The molecule has 0 saturated heterocycles. The number of anilines is 2. The van der Waals surface area contributed by atoms with Crippen LogP contribution in [0.4, 0.5) is 16.3 Å². The summed E-state index contributed by atoms with van der Waals surface area (Å²) in [7, 11) is 0. The predicted octanol–water partition coefficient (Wildman–Crippen LogP) is 4.16. The summed E-state index contributed by atoms with van der Waals surface area (Å²) in [5.41, 5.74) is 2.99. The van der Waals surface area contributed by atoms with Crippen molar-refractivity contribution in [2.45, 2.75) is 26.7 Å². The molecule has 1 aromatic heterocycles. The van der Waals surface area contributed by atoms with Crippen molar-refractivity contribution >= 4 is 17.5 Å². The molecule has 1 heterocycles. The lowest BCUT2D eigenvalue weighted by Gasteiger charge is -2.14. The van der Waals surface area contributed by atoms with E-state index < -0.39 is 0 Å². The maximum absolute atomic E-state index is 12.0. The van der Waals surface area contributed by atoms with Gasteiger partial charge in [0, 0.05) is 11.9 Å². The summed E-state index contributed by atoms with van der Waals surface area (Å²) in [6.07, 6.45) is 1.72. The van der Waals surface area contributed by atoms with Gasteiger partial charge in [-0.1, -0.05) is 38.1 Å². The highest BCUT2D eigenvalue weighted by molar-refractivity contribution is 5.99. The Labute approximate surface area is 119 Å². The van der Waals surface area contributed by atoms with Gasteiger partial charge >= 0.3 is 6.03 Å². The van der Waals surface area contributed by atoms with E-state index in [0.717, 1.165) is 16.8 Å². The monoisotopic (exact) mass is 269 g/mol. The molecule has 1 aromatic carbocycles. The number of aromatic nitrogens is 1. The van der Waals surface area contributed by atoms with Crippen molar-refractivity contribution in [3.63, 3.8) is 0 Å². The second-order valence-corrected chi connectivity index (χ2v) is 5.04. The number of benzene rings is 1. The highest BCUT2D eigenvalue weighted by Crippen LogP contribution is 2.23. The van der Waals surface area contributed by atoms with Crippen LogP contribution in [0.3, 0.4) is 0 Å². The van der Waals surface area contributed by atoms with Crippen molar-refractivity contribution in [1.29, 1.82) is 0 Å². The number of nitrogens with one attached hydrogen (secondary N) is 2. The lowest BCUT2D eigenvalue weighted by Crippen LogP contribution is -2.21. The molecule has 0 aliphatic heterocycles. The third-order valence-electron chi connectivity index (χ3n) is 2.98. The van der Waals surface area contributed by atoms with E-state index in [1.54, 1.807) is 12.3 Å². The van der Waals surface area contributed by atoms with Gasteiger partial charge in [-0.05, 0) is 36.1 Å². The molecular formula is C16H19N3O. The fourth-order valence-electron chi connectivity index (χ4n) is 1.93. The topological polar surface area (TPSA) is 54.0 Å². The van der Waals surface area contributed by atoms with Crippen LogP contribution in [0, 0.1) is 6.92 Å². The van der Waals surface area contributed by atoms with Crippen LogP contribution < -0.4 is 10.6 Å². The number of rotatable bonds is 3. The molecule has 0 fully saturated rings. The van der Waals surface area contributed by atoms with E-state index in [-0.39, 0.29) is 6.03 Å². The van der Waals surface area contributed by atoms with E-state index in [1.807, 2.05) is 37.3 Å². The van der Waals surface area contributed by atoms with Gasteiger partial charge in [-0.3, -0.25) is 5.32 Å². The summed E-state index contributed by atoms with van der Waals surface area (Å²) < 4.78 is 0. The van der Waals surface area contributed by atoms with Gasteiger partial charge in [0.2, 0.25) is 0 Å². The summed E-state index contributed by atoms with van der Waals surface area (Å²) in [6.45, 7) is 6.15. The second kappa shape index (κ2) is 6.19. The first kappa shape index (κ1) is 14.1. The first-order chi connectivity index (χ1) is 9.56. The molecule has 104 valence electrons. The van der Waals surface area contributed by atoms with Crippen LogP contribution in [0.1, 0.15) is 30.9 Å². The zero-order chi connectivity index (χ0) is 14.5. The lowest BCUT2D eigenvalue weighted by atomic mass is 10.0. The van der Waals surface area contributed by atoms with Gasteiger partial charge in [0.25, 0.3) is 0 Å². The number of carbonyl (C=O) groups is 1. The molecule has 0 radical (unpaired) electrons. The second-order valence-electron chi connectivity index (χ2n) is 5.04. The lowest BCUT2D eigenvalue weighted by molar-refractivity contribution is 0.262. The molecule has 2 rings (SSSR count). The van der Waals surface area contributed by atoms with Crippen molar-refractivity contribution in [3.8, 4) is 0 Å². The number of para-hydroxylation sites is 1. The number of amides is 2. The number of nitrogens with zero attached hydrogens (tertiary/aromatic N) is 1. The average Bonchev–Trinajstić information content (AvgIpc) is 2.41. The van der Waals surface area contributed by atoms with E-state index in [0.29, 0.717) is 11.7 Å². The van der Waals surface area contributed by atoms with Gasteiger partial charge < -0.3 is 5.32 Å². The van der Waals surface area contributed by atoms with Gasteiger partial charge in [0.1, 0.15) is 5.82 Å². The Balaban J connectivity index is 2.07. The minimum atomic E-state index is -0.283. The number of pyridine rings is 1. The Kier molecular flexibility index (Phi) is 4.35. The molecule has 0 atom stereocenters. The minimum absolute atomic E-state index is 0.283. The highest BCUT2D eigenvalue weighted by Gasteiger charge is 2.09. The largest absolute Gasteiger partial charge is 0.324 e. The summed E-state index contributed by atoms with van der Waals surface area (Å²) in [5.74, 6) is 0.888. The summed E-state index contributed by atoms with van der Waals surface area (Å²) in [6, 6.07) is 11.2. The molecular weight excluding hydrogens is 250 g/mol. The van der Waals surface area contributed by atoms with E-state index in [2.05, 4.69) is 29.5 Å². The smallest absolute Gasteiger partial charge is 0.307 e. The molecule has 0 spiro atoms. The Morgan fingerprint density at radius 1 is 1.10 bits per heavy atom.